The highest BCUT2D eigenvalue weighted by molar-refractivity contribution is 5.90. The minimum Gasteiger partial charge on any atom is -0.462 e. The molecule has 0 spiro atoms. The summed E-state index contributed by atoms with van der Waals surface area (Å²) in [6.45, 7) is 7.62. The molecule has 1 aromatic rings. The largest absolute Gasteiger partial charge is 0.462 e. The Balaban J connectivity index is 1.95. The lowest BCUT2D eigenvalue weighted by atomic mass is 9.97. The highest BCUT2D eigenvalue weighted by Gasteiger charge is 2.17. The number of benzene rings is 1. The second kappa shape index (κ2) is 7.46. The fourth-order valence-electron chi connectivity index (χ4n) is 2.67. The van der Waals surface area contributed by atoms with Crippen LogP contribution < -0.4 is 5.32 Å². The van der Waals surface area contributed by atoms with Gasteiger partial charge in [-0.3, -0.25) is 0 Å². The third-order valence-electron chi connectivity index (χ3n) is 4.17. The van der Waals surface area contributed by atoms with Crippen LogP contribution in [0.1, 0.15) is 35.7 Å². The van der Waals surface area contributed by atoms with E-state index in [1.165, 1.54) is 25.9 Å². The summed E-state index contributed by atoms with van der Waals surface area (Å²) in [6, 6.07) is 5.71. The van der Waals surface area contributed by atoms with Gasteiger partial charge in [0.2, 0.25) is 0 Å². The van der Waals surface area contributed by atoms with Crippen LogP contribution in [-0.4, -0.2) is 44.2 Å². The Labute approximate surface area is 127 Å². The van der Waals surface area contributed by atoms with E-state index < -0.39 is 0 Å². The quantitative estimate of drug-likeness (QED) is 0.847. The number of likely N-dealkylation sites (tertiary alicyclic amines) is 1. The van der Waals surface area contributed by atoms with Crippen molar-refractivity contribution in [2.24, 2.45) is 5.92 Å². The summed E-state index contributed by atoms with van der Waals surface area (Å²) in [5.41, 5.74) is 2.82. The number of carbonyl (C=O) groups excluding carboxylic acids is 1. The molecule has 4 heteroatoms. The molecule has 0 aliphatic carbocycles. The van der Waals surface area contributed by atoms with Gasteiger partial charge in [-0.15, -0.1) is 0 Å². The molecule has 1 fully saturated rings. The second-order valence-corrected chi connectivity index (χ2v) is 5.88. The van der Waals surface area contributed by atoms with Crippen molar-refractivity contribution in [1.82, 2.24) is 4.90 Å². The number of hydrogen-bond acceptors (Lipinski definition) is 4. The van der Waals surface area contributed by atoms with Gasteiger partial charge >= 0.3 is 5.97 Å². The molecule has 1 aromatic carbocycles. The molecule has 0 amide bonds. The Morgan fingerprint density at radius 3 is 2.76 bits per heavy atom. The SMILES string of the molecule is CCOC(=O)c1ccc(C)c(NCC2CCN(C)CC2)c1. The van der Waals surface area contributed by atoms with Gasteiger partial charge < -0.3 is 15.0 Å². The zero-order valence-electron chi connectivity index (χ0n) is 13.3. The molecule has 2 rings (SSSR count). The molecule has 116 valence electrons. The van der Waals surface area contributed by atoms with Crippen LogP contribution in [0.3, 0.4) is 0 Å². The molecule has 0 bridgehead atoms. The number of piperidine rings is 1. The fraction of sp³-hybridized carbons (Fsp3) is 0.588. The van der Waals surface area contributed by atoms with Crippen molar-refractivity contribution in [3.63, 3.8) is 0 Å². The van der Waals surface area contributed by atoms with Gasteiger partial charge in [-0.2, -0.15) is 0 Å². The third kappa shape index (κ3) is 4.46. The Bertz CT molecular complexity index is 480. The van der Waals surface area contributed by atoms with E-state index in [2.05, 4.69) is 24.2 Å². The lowest BCUT2D eigenvalue weighted by Gasteiger charge is -2.29. The van der Waals surface area contributed by atoms with Gasteiger partial charge in [-0.25, -0.2) is 4.79 Å². The van der Waals surface area contributed by atoms with Gasteiger partial charge in [0.15, 0.2) is 0 Å². The van der Waals surface area contributed by atoms with Crippen LogP contribution in [0.25, 0.3) is 0 Å². The van der Waals surface area contributed by atoms with E-state index in [0.717, 1.165) is 17.8 Å². The molecule has 4 nitrogen and oxygen atoms in total. The summed E-state index contributed by atoms with van der Waals surface area (Å²) in [6.07, 6.45) is 2.47. The third-order valence-corrected chi connectivity index (χ3v) is 4.17. The molecule has 0 atom stereocenters. The summed E-state index contributed by atoms with van der Waals surface area (Å²) in [7, 11) is 2.18. The summed E-state index contributed by atoms with van der Waals surface area (Å²) >= 11 is 0. The average Bonchev–Trinajstić information content (AvgIpc) is 2.48. The maximum Gasteiger partial charge on any atom is 0.338 e. The van der Waals surface area contributed by atoms with Gasteiger partial charge in [0, 0.05) is 12.2 Å². The summed E-state index contributed by atoms with van der Waals surface area (Å²) < 4.78 is 5.06. The van der Waals surface area contributed by atoms with Crippen molar-refractivity contribution in [2.75, 3.05) is 38.6 Å². The van der Waals surface area contributed by atoms with Crippen LogP contribution in [-0.2, 0) is 4.74 Å². The minimum atomic E-state index is -0.250. The number of hydrogen-bond donors (Lipinski definition) is 1. The minimum absolute atomic E-state index is 0.250. The van der Waals surface area contributed by atoms with E-state index in [9.17, 15) is 4.79 Å². The number of ether oxygens (including phenoxy) is 1. The van der Waals surface area contributed by atoms with E-state index in [0.29, 0.717) is 18.1 Å². The van der Waals surface area contributed by atoms with Crippen LogP contribution in [0.4, 0.5) is 5.69 Å². The summed E-state index contributed by atoms with van der Waals surface area (Å²) in [5.74, 6) is 0.465. The van der Waals surface area contributed by atoms with Crippen molar-refractivity contribution in [2.45, 2.75) is 26.7 Å². The average molecular weight is 290 g/mol. The highest BCUT2D eigenvalue weighted by Crippen LogP contribution is 2.21. The Kier molecular flexibility index (Phi) is 5.62. The molecule has 1 aliphatic rings. The number of esters is 1. The Morgan fingerprint density at radius 2 is 2.10 bits per heavy atom. The number of nitrogens with one attached hydrogen (secondary N) is 1. The number of carbonyl (C=O) groups is 1. The molecule has 21 heavy (non-hydrogen) atoms. The smallest absolute Gasteiger partial charge is 0.338 e. The van der Waals surface area contributed by atoms with Crippen LogP contribution in [0, 0.1) is 12.8 Å². The first kappa shape index (κ1) is 15.8. The van der Waals surface area contributed by atoms with Crippen LogP contribution in [0.15, 0.2) is 18.2 Å². The Morgan fingerprint density at radius 1 is 1.38 bits per heavy atom. The predicted molar refractivity (Wildman–Crippen MR) is 85.8 cm³/mol. The zero-order chi connectivity index (χ0) is 15.2. The number of rotatable bonds is 5. The van der Waals surface area contributed by atoms with Crippen LogP contribution >= 0.6 is 0 Å². The van der Waals surface area contributed by atoms with Crippen LogP contribution in [0.2, 0.25) is 0 Å². The van der Waals surface area contributed by atoms with Crippen LogP contribution in [0.5, 0.6) is 0 Å². The predicted octanol–water partition coefficient (Wildman–Crippen LogP) is 2.93. The molecular weight excluding hydrogens is 264 g/mol. The molecule has 0 saturated carbocycles. The number of anilines is 1. The molecule has 0 aromatic heterocycles. The zero-order valence-corrected chi connectivity index (χ0v) is 13.3. The van der Waals surface area contributed by atoms with E-state index in [1.807, 2.05) is 25.1 Å². The molecule has 0 radical (unpaired) electrons. The van der Waals surface area contributed by atoms with Gasteiger partial charge in [-0.1, -0.05) is 6.07 Å². The van der Waals surface area contributed by atoms with E-state index >= 15 is 0 Å². The summed E-state index contributed by atoms with van der Waals surface area (Å²) in [5, 5.41) is 3.51. The van der Waals surface area contributed by atoms with Crippen molar-refractivity contribution in [3.8, 4) is 0 Å². The van der Waals surface area contributed by atoms with E-state index in [-0.39, 0.29) is 5.97 Å². The lowest BCUT2D eigenvalue weighted by molar-refractivity contribution is 0.0526. The monoisotopic (exact) mass is 290 g/mol. The molecule has 1 aliphatic heterocycles. The van der Waals surface area contributed by atoms with Gasteiger partial charge in [0.25, 0.3) is 0 Å². The Hall–Kier alpha value is -1.55. The normalized spacial score (nSPS) is 16.7. The molecule has 1 saturated heterocycles. The molecule has 1 heterocycles. The van der Waals surface area contributed by atoms with Crippen molar-refractivity contribution >= 4 is 11.7 Å². The second-order valence-electron chi connectivity index (χ2n) is 5.88. The van der Waals surface area contributed by atoms with Crippen molar-refractivity contribution < 1.29 is 9.53 Å². The van der Waals surface area contributed by atoms with Crippen molar-refractivity contribution in [3.05, 3.63) is 29.3 Å². The molecular formula is C17H26N2O2. The van der Waals surface area contributed by atoms with Gasteiger partial charge in [0.05, 0.1) is 12.2 Å². The fourth-order valence-corrected chi connectivity index (χ4v) is 2.67. The maximum atomic E-state index is 11.8. The van der Waals surface area contributed by atoms with Crippen molar-refractivity contribution in [1.29, 1.82) is 0 Å². The first-order valence-electron chi connectivity index (χ1n) is 7.80. The van der Waals surface area contributed by atoms with Gasteiger partial charge in [0.1, 0.15) is 0 Å². The number of aryl methyl sites for hydroxylation is 1. The molecule has 1 N–H and O–H groups in total. The maximum absolute atomic E-state index is 11.8. The summed E-state index contributed by atoms with van der Waals surface area (Å²) in [4.78, 5) is 14.2. The standard InChI is InChI=1S/C17H26N2O2/c1-4-21-17(20)15-6-5-13(2)16(11-15)18-12-14-7-9-19(3)10-8-14/h5-6,11,14,18H,4,7-10,12H2,1-3H3. The number of nitrogens with zero attached hydrogens (tertiary/aromatic N) is 1. The first-order valence-corrected chi connectivity index (χ1v) is 7.80. The lowest BCUT2D eigenvalue weighted by Crippen LogP contribution is -2.33. The first-order chi connectivity index (χ1) is 10.1. The van der Waals surface area contributed by atoms with E-state index in [1.54, 1.807) is 0 Å². The highest BCUT2D eigenvalue weighted by atomic mass is 16.5. The molecule has 0 unspecified atom stereocenters. The topological polar surface area (TPSA) is 41.6 Å². The van der Waals surface area contributed by atoms with E-state index in [4.69, 9.17) is 4.74 Å². The van der Waals surface area contributed by atoms with Gasteiger partial charge in [-0.05, 0) is 70.4 Å².